The van der Waals surface area contributed by atoms with Crippen molar-refractivity contribution >= 4 is 22.7 Å². The molecule has 0 saturated heterocycles. The van der Waals surface area contributed by atoms with Gasteiger partial charge in [-0.3, -0.25) is 9.78 Å². The zero-order valence-corrected chi connectivity index (χ0v) is 19.8. The van der Waals surface area contributed by atoms with Crippen molar-refractivity contribution in [2.75, 3.05) is 11.9 Å². The molecule has 0 amide bonds. The van der Waals surface area contributed by atoms with Crippen molar-refractivity contribution < 1.29 is 4.39 Å². The highest BCUT2D eigenvalue weighted by Gasteiger charge is 2.21. The normalized spacial score (nSPS) is 13.8. The summed E-state index contributed by atoms with van der Waals surface area (Å²) in [5.74, 6) is -0.126. The third-order valence-corrected chi connectivity index (χ3v) is 6.15. The minimum Gasteiger partial charge on any atom is -0.322 e. The Balaban J connectivity index is 1.62. The third kappa shape index (κ3) is 3.86. The third-order valence-electron chi connectivity index (χ3n) is 6.15. The van der Waals surface area contributed by atoms with Crippen LogP contribution in [0.2, 0.25) is 0 Å². The van der Waals surface area contributed by atoms with Crippen LogP contribution in [0.1, 0.15) is 44.5 Å². The van der Waals surface area contributed by atoms with E-state index in [2.05, 4.69) is 46.4 Å². The van der Waals surface area contributed by atoms with Crippen LogP contribution in [0.25, 0.3) is 16.7 Å². The number of fused-ring (bicyclic) bond motifs is 2. The summed E-state index contributed by atoms with van der Waals surface area (Å²) in [4.78, 5) is 26.5. The summed E-state index contributed by atoms with van der Waals surface area (Å²) in [6.07, 6.45) is 4.04. The van der Waals surface area contributed by atoms with Gasteiger partial charge in [0.25, 0.3) is 5.56 Å². The van der Waals surface area contributed by atoms with Crippen LogP contribution in [-0.4, -0.2) is 30.9 Å². The number of hydrogen-bond acceptors (Lipinski definition) is 6. The average molecular weight is 462 g/mol. The lowest BCUT2D eigenvalue weighted by Crippen LogP contribution is -2.23. The molecule has 8 nitrogen and oxygen atoms in total. The van der Waals surface area contributed by atoms with E-state index in [1.807, 2.05) is 19.1 Å². The molecule has 34 heavy (non-hydrogen) atoms. The summed E-state index contributed by atoms with van der Waals surface area (Å²) < 4.78 is 18.2. The van der Waals surface area contributed by atoms with Crippen molar-refractivity contribution in [1.29, 1.82) is 0 Å². The SMILES string of the molecule is CCn1c(=O)c2cnc(Nc3cc4c(cc3F)CCNC4)nc2n1-c1ccnc(C(C)(C)C)c1. The highest BCUT2D eigenvalue weighted by molar-refractivity contribution is 5.77. The molecule has 3 aromatic heterocycles. The van der Waals surface area contributed by atoms with Gasteiger partial charge < -0.3 is 10.6 Å². The second-order valence-corrected chi connectivity index (χ2v) is 9.57. The van der Waals surface area contributed by atoms with Gasteiger partial charge in [0.05, 0.1) is 11.4 Å². The van der Waals surface area contributed by atoms with Crippen molar-refractivity contribution in [2.45, 2.75) is 52.6 Å². The van der Waals surface area contributed by atoms with E-state index in [4.69, 9.17) is 0 Å². The minimum atomic E-state index is -0.350. The summed E-state index contributed by atoms with van der Waals surface area (Å²) in [6, 6.07) is 7.20. The molecular formula is C25H28FN7O. The molecule has 4 heterocycles. The van der Waals surface area contributed by atoms with Gasteiger partial charge in [-0.25, -0.2) is 18.7 Å². The predicted molar refractivity (Wildman–Crippen MR) is 130 cm³/mol. The first kappa shape index (κ1) is 22.2. The molecule has 0 saturated carbocycles. The summed E-state index contributed by atoms with van der Waals surface area (Å²) in [5.41, 5.74) is 4.18. The first-order valence-corrected chi connectivity index (χ1v) is 11.5. The summed E-state index contributed by atoms with van der Waals surface area (Å²) in [7, 11) is 0. The van der Waals surface area contributed by atoms with Crippen molar-refractivity contribution in [1.82, 2.24) is 29.6 Å². The van der Waals surface area contributed by atoms with Gasteiger partial charge in [0.15, 0.2) is 5.65 Å². The fraction of sp³-hybridized carbons (Fsp3) is 0.360. The van der Waals surface area contributed by atoms with E-state index >= 15 is 0 Å². The second kappa shape index (κ2) is 8.32. The van der Waals surface area contributed by atoms with Crippen molar-refractivity contribution in [3.05, 3.63) is 69.7 Å². The summed E-state index contributed by atoms with van der Waals surface area (Å²) >= 11 is 0. The van der Waals surface area contributed by atoms with Gasteiger partial charge in [-0.1, -0.05) is 20.8 Å². The fourth-order valence-electron chi connectivity index (χ4n) is 4.32. The molecule has 0 atom stereocenters. The van der Waals surface area contributed by atoms with Crippen molar-refractivity contribution in [3.8, 4) is 5.69 Å². The molecule has 0 radical (unpaired) electrons. The van der Waals surface area contributed by atoms with Gasteiger partial charge >= 0.3 is 0 Å². The number of anilines is 2. The smallest absolute Gasteiger partial charge is 0.278 e. The fourth-order valence-corrected chi connectivity index (χ4v) is 4.32. The molecule has 5 rings (SSSR count). The average Bonchev–Trinajstić information content (AvgIpc) is 3.10. The van der Waals surface area contributed by atoms with Crippen molar-refractivity contribution in [3.63, 3.8) is 0 Å². The maximum atomic E-state index is 14.8. The second-order valence-electron chi connectivity index (χ2n) is 9.57. The monoisotopic (exact) mass is 461 g/mol. The predicted octanol–water partition coefficient (Wildman–Crippen LogP) is 3.82. The zero-order chi connectivity index (χ0) is 24.0. The van der Waals surface area contributed by atoms with E-state index in [-0.39, 0.29) is 22.7 Å². The quantitative estimate of drug-likeness (QED) is 0.480. The van der Waals surface area contributed by atoms with E-state index in [1.165, 1.54) is 6.20 Å². The van der Waals surface area contributed by atoms with Crippen LogP contribution in [0.5, 0.6) is 0 Å². The summed E-state index contributed by atoms with van der Waals surface area (Å²) in [5, 5.41) is 6.72. The topological polar surface area (TPSA) is 89.7 Å². The molecule has 176 valence electrons. The Labute approximate surface area is 196 Å². The number of aromatic nitrogens is 5. The molecule has 1 aromatic carbocycles. The lowest BCUT2D eigenvalue weighted by Gasteiger charge is -2.19. The molecule has 1 aliphatic rings. The number of halogens is 1. The lowest BCUT2D eigenvalue weighted by atomic mass is 9.91. The van der Waals surface area contributed by atoms with Crippen LogP contribution in [0.4, 0.5) is 16.0 Å². The Hall–Kier alpha value is -3.59. The molecule has 0 unspecified atom stereocenters. The Kier molecular flexibility index (Phi) is 5.44. The van der Waals surface area contributed by atoms with Crippen LogP contribution in [-0.2, 0) is 24.9 Å². The molecule has 0 bridgehead atoms. The van der Waals surface area contributed by atoms with Crippen LogP contribution in [0, 0.1) is 5.82 Å². The van der Waals surface area contributed by atoms with Gasteiger partial charge in [0.2, 0.25) is 5.95 Å². The lowest BCUT2D eigenvalue weighted by molar-refractivity contribution is 0.557. The Morgan fingerprint density at radius 1 is 1.18 bits per heavy atom. The first-order valence-electron chi connectivity index (χ1n) is 11.5. The number of hydrogen-bond donors (Lipinski definition) is 2. The van der Waals surface area contributed by atoms with Gasteiger partial charge in [-0.15, -0.1) is 0 Å². The molecule has 4 aromatic rings. The molecule has 0 spiro atoms. The standard InChI is InChI=1S/C25H28FN7O/c1-5-32-23(34)18-14-29-24(30-20-11-16-13-27-8-6-15(16)10-19(20)26)31-22(18)33(32)17-7-9-28-21(12-17)25(2,3)4/h7,9-12,14,27H,5-6,8,13H2,1-4H3,(H,29,30,31). The van der Waals surface area contributed by atoms with Crippen LogP contribution in [0.3, 0.4) is 0 Å². The maximum absolute atomic E-state index is 14.8. The zero-order valence-electron chi connectivity index (χ0n) is 19.8. The number of nitrogens with one attached hydrogen (secondary N) is 2. The highest BCUT2D eigenvalue weighted by atomic mass is 19.1. The van der Waals surface area contributed by atoms with Crippen LogP contribution in [0.15, 0.2) is 41.5 Å². The molecule has 1 aliphatic heterocycles. The van der Waals surface area contributed by atoms with Gasteiger partial charge in [0, 0.05) is 36.6 Å². The van der Waals surface area contributed by atoms with E-state index in [9.17, 15) is 9.18 Å². The molecule has 9 heteroatoms. The molecular weight excluding hydrogens is 433 g/mol. The number of pyridine rings is 1. The van der Waals surface area contributed by atoms with Crippen molar-refractivity contribution in [2.24, 2.45) is 0 Å². The van der Waals surface area contributed by atoms with E-state index < -0.39 is 0 Å². The van der Waals surface area contributed by atoms with E-state index in [0.29, 0.717) is 29.8 Å². The summed E-state index contributed by atoms with van der Waals surface area (Å²) in [6.45, 7) is 10.2. The number of rotatable bonds is 4. The minimum absolute atomic E-state index is 0.156. The van der Waals surface area contributed by atoms with Gasteiger partial charge in [-0.2, -0.15) is 4.98 Å². The molecule has 2 N–H and O–H groups in total. The Bertz CT molecular complexity index is 1450. The first-order chi connectivity index (χ1) is 16.3. The van der Waals surface area contributed by atoms with Crippen LogP contribution >= 0.6 is 0 Å². The van der Waals surface area contributed by atoms with E-state index in [0.717, 1.165) is 35.5 Å². The maximum Gasteiger partial charge on any atom is 0.278 e. The number of nitrogens with zero attached hydrogens (tertiary/aromatic N) is 5. The molecule has 0 fully saturated rings. The molecule has 0 aliphatic carbocycles. The van der Waals surface area contributed by atoms with E-state index in [1.54, 1.807) is 27.7 Å². The number of benzene rings is 1. The Morgan fingerprint density at radius 3 is 2.76 bits per heavy atom. The highest BCUT2D eigenvalue weighted by Crippen LogP contribution is 2.26. The Morgan fingerprint density at radius 2 is 2.00 bits per heavy atom. The van der Waals surface area contributed by atoms with Crippen LogP contribution < -0.4 is 16.2 Å². The van der Waals surface area contributed by atoms with Gasteiger partial charge in [-0.05, 0) is 55.3 Å². The largest absolute Gasteiger partial charge is 0.322 e. The van der Waals surface area contributed by atoms with Gasteiger partial charge in [0.1, 0.15) is 11.2 Å².